The second-order valence-electron chi connectivity index (χ2n) is 8.66. The quantitative estimate of drug-likeness (QED) is 0.0667. The highest BCUT2D eigenvalue weighted by Gasteiger charge is 2.12. The highest BCUT2D eigenvalue weighted by molar-refractivity contribution is 6.34. The predicted molar refractivity (Wildman–Crippen MR) is 165 cm³/mol. The number of esters is 1. The van der Waals surface area contributed by atoms with Crippen LogP contribution in [0.3, 0.4) is 0 Å². The molecule has 0 atom stereocenters. The smallest absolute Gasteiger partial charge is 0.336 e. The minimum Gasteiger partial charge on any atom is -0.490 e. The summed E-state index contributed by atoms with van der Waals surface area (Å²) in [4.78, 5) is 37.6. The number of hydrogen-bond acceptors (Lipinski definition) is 6. The summed E-state index contributed by atoms with van der Waals surface area (Å²) in [5.74, 6) is -0.886. The zero-order valence-electron chi connectivity index (χ0n) is 22.3. The molecule has 8 nitrogen and oxygen atoms in total. The van der Waals surface area contributed by atoms with Gasteiger partial charge in [0, 0.05) is 22.3 Å². The van der Waals surface area contributed by atoms with Crippen molar-refractivity contribution in [1.82, 2.24) is 5.43 Å². The Morgan fingerprint density at radius 2 is 1.60 bits per heavy atom. The number of benzene rings is 4. The fourth-order valence-electron chi connectivity index (χ4n) is 3.65. The van der Waals surface area contributed by atoms with Crippen LogP contribution in [-0.2, 0) is 4.79 Å². The van der Waals surface area contributed by atoms with Crippen LogP contribution in [0.5, 0.6) is 11.5 Å². The molecule has 10 heteroatoms. The summed E-state index contributed by atoms with van der Waals surface area (Å²) in [5.41, 5.74) is 4.87. The molecule has 42 heavy (non-hydrogen) atoms. The van der Waals surface area contributed by atoms with Gasteiger partial charge in [-0.1, -0.05) is 53.5 Å². The van der Waals surface area contributed by atoms with Gasteiger partial charge >= 0.3 is 5.97 Å². The molecule has 0 saturated carbocycles. The number of ether oxygens (including phenoxy) is 2. The number of amides is 2. The molecule has 0 heterocycles. The molecule has 0 saturated heterocycles. The van der Waals surface area contributed by atoms with E-state index in [1.165, 1.54) is 18.4 Å². The van der Waals surface area contributed by atoms with E-state index in [2.05, 4.69) is 15.8 Å². The van der Waals surface area contributed by atoms with Crippen LogP contribution in [0.2, 0.25) is 10.0 Å². The second kappa shape index (κ2) is 14.6. The van der Waals surface area contributed by atoms with E-state index in [1.807, 2.05) is 0 Å². The predicted octanol–water partition coefficient (Wildman–Crippen LogP) is 7.03. The Kier molecular flexibility index (Phi) is 10.5. The standard InChI is InChI=1S/C32H25Cl2N3O5/c1-2-41-29-18-22(12-16-28(29)42-30(38)17-13-21-10-14-24(33)15-11-21)20-35-37-31(39)23-6-5-7-25(19-23)36-32(40)26-8-3-4-9-27(26)34/h3-20H,2H2,1H3,(H,36,40)(H,37,39)/b17-13+,35-20?. The van der Waals surface area contributed by atoms with E-state index in [1.54, 1.807) is 97.9 Å². The Bertz CT molecular complexity index is 1650. The molecule has 0 spiro atoms. The molecular weight excluding hydrogens is 577 g/mol. The zero-order valence-corrected chi connectivity index (χ0v) is 23.9. The lowest BCUT2D eigenvalue weighted by Crippen LogP contribution is -2.18. The van der Waals surface area contributed by atoms with Gasteiger partial charge in [-0.25, -0.2) is 10.2 Å². The van der Waals surface area contributed by atoms with Crippen molar-refractivity contribution in [2.45, 2.75) is 6.92 Å². The van der Waals surface area contributed by atoms with Gasteiger partial charge < -0.3 is 14.8 Å². The van der Waals surface area contributed by atoms with E-state index in [0.717, 1.165) is 5.56 Å². The molecule has 0 bridgehead atoms. The first kappa shape index (κ1) is 30.0. The van der Waals surface area contributed by atoms with Gasteiger partial charge in [-0.15, -0.1) is 0 Å². The molecule has 0 radical (unpaired) electrons. The third-order valence-corrected chi connectivity index (χ3v) is 6.22. The first-order valence-corrected chi connectivity index (χ1v) is 13.5. The number of halogens is 2. The van der Waals surface area contributed by atoms with Crippen molar-refractivity contribution in [3.05, 3.63) is 129 Å². The summed E-state index contributed by atoms with van der Waals surface area (Å²) in [7, 11) is 0. The van der Waals surface area contributed by atoms with E-state index in [4.69, 9.17) is 32.7 Å². The van der Waals surface area contributed by atoms with Gasteiger partial charge in [0.25, 0.3) is 11.8 Å². The lowest BCUT2D eigenvalue weighted by Gasteiger charge is -2.10. The Morgan fingerprint density at radius 3 is 2.36 bits per heavy atom. The van der Waals surface area contributed by atoms with Gasteiger partial charge in [-0.2, -0.15) is 5.10 Å². The molecule has 0 aliphatic rings. The van der Waals surface area contributed by atoms with Crippen molar-refractivity contribution in [3.8, 4) is 11.5 Å². The highest BCUT2D eigenvalue weighted by atomic mass is 35.5. The van der Waals surface area contributed by atoms with Gasteiger partial charge in [0.05, 0.1) is 23.4 Å². The summed E-state index contributed by atoms with van der Waals surface area (Å²) in [6.45, 7) is 2.14. The molecule has 0 aliphatic heterocycles. The van der Waals surface area contributed by atoms with Gasteiger partial charge in [-0.05, 0) is 84.8 Å². The van der Waals surface area contributed by atoms with E-state index >= 15 is 0 Å². The molecule has 0 fully saturated rings. The van der Waals surface area contributed by atoms with Crippen LogP contribution >= 0.6 is 23.2 Å². The molecule has 4 rings (SSSR count). The number of nitrogens with one attached hydrogen (secondary N) is 2. The van der Waals surface area contributed by atoms with Crippen LogP contribution in [0.25, 0.3) is 6.08 Å². The summed E-state index contributed by atoms with van der Waals surface area (Å²) < 4.78 is 11.1. The molecule has 0 unspecified atom stereocenters. The summed E-state index contributed by atoms with van der Waals surface area (Å²) in [6.07, 6.45) is 4.35. The monoisotopic (exact) mass is 601 g/mol. The van der Waals surface area contributed by atoms with Gasteiger partial charge in [0.1, 0.15) is 0 Å². The molecule has 2 amide bonds. The average Bonchev–Trinajstić information content (AvgIpc) is 2.98. The summed E-state index contributed by atoms with van der Waals surface area (Å²) >= 11 is 12.0. The first-order valence-electron chi connectivity index (χ1n) is 12.7. The third-order valence-electron chi connectivity index (χ3n) is 5.64. The number of carbonyl (C=O) groups is 3. The lowest BCUT2D eigenvalue weighted by atomic mass is 10.1. The minimum atomic E-state index is -0.579. The molecule has 212 valence electrons. The average molecular weight is 602 g/mol. The van der Waals surface area contributed by atoms with Crippen LogP contribution in [0.1, 0.15) is 38.8 Å². The summed E-state index contributed by atoms with van der Waals surface area (Å²) in [5, 5.41) is 7.67. The fourth-order valence-corrected chi connectivity index (χ4v) is 4.00. The van der Waals surface area contributed by atoms with Crippen LogP contribution in [-0.4, -0.2) is 30.6 Å². The van der Waals surface area contributed by atoms with Crippen molar-refractivity contribution in [2.75, 3.05) is 11.9 Å². The van der Waals surface area contributed by atoms with E-state index in [9.17, 15) is 14.4 Å². The van der Waals surface area contributed by atoms with Gasteiger partial charge in [-0.3, -0.25) is 9.59 Å². The number of hydrogen-bond donors (Lipinski definition) is 2. The van der Waals surface area contributed by atoms with Crippen molar-refractivity contribution >= 4 is 59.0 Å². The number of rotatable bonds is 10. The Morgan fingerprint density at radius 1 is 0.833 bits per heavy atom. The highest BCUT2D eigenvalue weighted by Crippen LogP contribution is 2.28. The Balaban J connectivity index is 1.37. The van der Waals surface area contributed by atoms with Crippen molar-refractivity contribution in [3.63, 3.8) is 0 Å². The van der Waals surface area contributed by atoms with Crippen molar-refractivity contribution < 1.29 is 23.9 Å². The number of anilines is 1. The normalized spacial score (nSPS) is 10.9. The maximum atomic E-state index is 12.7. The number of hydrazone groups is 1. The van der Waals surface area contributed by atoms with Crippen molar-refractivity contribution in [1.29, 1.82) is 0 Å². The van der Waals surface area contributed by atoms with Gasteiger partial charge in [0.15, 0.2) is 11.5 Å². The maximum Gasteiger partial charge on any atom is 0.336 e. The molecule has 4 aromatic rings. The Labute approximate surface area is 252 Å². The SMILES string of the molecule is CCOc1cc(C=NNC(=O)c2cccc(NC(=O)c3ccccc3Cl)c2)ccc1OC(=O)/C=C/c1ccc(Cl)cc1. The topological polar surface area (TPSA) is 106 Å². The maximum absolute atomic E-state index is 12.7. The first-order chi connectivity index (χ1) is 20.3. The van der Waals surface area contributed by atoms with Crippen LogP contribution in [0, 0.1) is 0 Å². The third kappa shape index (κ3) is 8.54. The fraction of sp³-hybridized carbons (Fsp3) is 0.0625. The molecule has 2 N–H and O–H groups in total. The molecule has 0 aliphatic carbocycles. The van der Waals surface area contributed by atoms with Crippen LogP contribution in [0.4, 0.5) is 5.69 Å². The second-order valence-corrected chi connectivity index (χ2v) is 9.50. The molecule has 4 aromatic carbocycles. The molecular formula is C32H25Cl2N3O5. The van der Waals surface area contributed by atoms with Crippen LogP contribution in [0.15, 0.2) is 102 Å². The zero-order chi connectivity index (χ0) is 29.9. The largest absolute Gasteiger partial charge is 0.490 e. The number of nitrogens with zero attached hydrogens (tertiary/aromatic N) is 1. The van der Waals surface area contributed by atoms with Gasteiger partial charge in [0.2, 0.25) is 0 Å². The minimum absolute atomic E-state index is 0.236. The van der Waals surface area contributed by atoms with E-state index < -0.39 is 17.8 Å². The molecule has 0 aromatic heterocycles. The lowest BCUT2D eigenvalue weighted by molar-refractivity contribution is -0.129. The van der Waals surface area contributed by atoms with Crippen LogP contribution < -0.4 is 20.2 Å². The number of carbonyl (C=O) groups excluding carboxylic acids is 3. The summed E-state index contributed by atoms with van der Waals surface area (Å²) in [6, 6.07) is 25.0. The van der Waals surface area contributed by atoms with E-state index in [-0.39, 0.29) is 11.3 Å². The van der Waals surface area contributed by atoms with Crippen molar-refractivity contribution in [2.24, 2.45) is 5.10 Å². The van der Waals surface area contributed by atoms with E-state index in [0.29, 0.717) is 39.2 Å². The Hall–Kier alpha value is -4.92.